The lowest BCUT2D eigenvalue weighted by Gasteiger charge is -2.40. The highest BCUT2D eigenvalue weighted by Gasteiger charge is 2.44. The average Bonchev–Trinajstić information content (AvgIpc) is 3.52. The maximum absolute atomic E-state index is 5.94. The largest absolute Gasteiger partial charge is 0.496 e. The highest BCUT2D eigenvalue weighted by Crippen LogP contribution is 2.47. The summed E-state index contributed by atoms with van der Waals surface area (Å²) in [7, 11) is 3.59. The van der Waals surface area contributed by atoms with Crippen LogP contribution < -0.4 is 14.5 Å². The summed E-state index contributed by atoms with van der Waals surface area (Å²) in [6, 6.07) is 9.94. The van der Waals surface area contributed by atoms with Crippen molar-refractivity contribution in [3.63, 3.8) is 0 Å². The van der Waals surface area contributed by atoms with Gasteiger partial charge in [-0.3, -0.25) is 0 Å². The van der Waals surface area contributed by atoms with Crippen LogP contribution in [0.2, 0.25) is 0 Å². The van der Waals surface area contributed by atoms with Crippen molar-refractivity contribution in [3.05, 3.63) is 29.6 Å². The molecule has 184 valence electrons. The number of ether oxygens (including phenoxy) is 3. The average molecular weight is 493 g/mol. The molecule has 0 N–H and O–H groups in total. The van der Waals surface area contributed by atoms with E-state index in [0.29, 0.717) is 30.3 Å². The number of thiophene rings is 1. The highest BCUT2D eigenvalue weighted by molar-refractivity contribution is 7.17. The lowest BCUT2D eigenvalue weighted by molar-refractivity contribution is 0.0680. The van der Waals surface area contributed by atoms with E-state index in [9.17, 15) is 0 Å². The van der Waals surface area contributed by atoms with Crippen molar-refractivity contribution in [1.82, 2.24) is 9.97 Å². The number of fused-ring (bicyclic) bond motifs is 5. The topological polar surface area (TPSA) is 60.0 Å². The molecule has 7 rings (SSSR count). The van der Waals surface area contributed by atoms with Gasteiger partial charge in [-0.25, -0.2) is 4.98 Å². The molecule has 0 amide bonds. The van der Waals surface area contributed by atoms with E-state index in [0.717, 1.165) is 77.8 Å². The molecule has 4 saturated heterocycles. The first-order chi connectivity index (χ1) is 17.2. The molecule has 4 aliphatic rings. The van der Waals surface area contributed by atoms with Gasteiger partial charge in [0, 0.05) is 35.7 Å². The second kappa shape index (κ2) is 8.61. The van der Waals surface area contributed by atoms with E-state index in [1.165, 1.54) is 12.8 Å². The molecule has 4 aliphatic heterocycles. The molecule has 1 aromatic carbocycles. The quantitative estimate of drug-likeness (QED) is 0.503. The molecule has 8 heteroatoms. The third-order valence-corrected chi connectivity index (χ3v) is 9.41. The van der Waals surface area contributed by atoms with Crippen molar-refractivity contribution >= 4 is 33.3 Å². The summed E-state index contributed by atoms with van der Waals surface area (Å²) in [5.74, 6) is 2.86. The van der Waals surface area contributed by atoms with Gasteiger partial charge in [0.25, 0.3) is 0 Å². The minimum atomic E-state index is 0.348. The molecule has 3 aromatic rings. The molecule has 6 heterocycles. The lowest BCUT2D eigenvalue weighted by Crippen LogP contribution is -2.48. The number of rotatable bonds is 5. The first kappa shape index (κ1) is 21.8. The number of piperidine rings is 1. The summed E-state index contributed by atoms with van der Waals surface area (Å²) in [5, 5.41) is 3.39. The predicted octanol–water partition coefficient (Wildman–Crippen LogP) is 4.88. The Morgan fingerprint density at radius 1 is 0.886 bits per heavy atom. The van der Waals surface area contributed by atoms with Crippen LogP contribution in [0, 0.1) is 0 Å². The first-order valence-electron chi connectivity index (χ1n) is 12.8. The molecule has 35 heavy (non-hydrogen) atoms. The van der Waals surface area contributed by atoms with Gasteiger partial charge < -0.3 is 24.0 Å². The van der Waals surface area contributed by atoms with Gasteiger partial charge >= 0.3 is 0 Å². The van der Waals surface area contributed by atoms with E-state index in [4.69, 9.17) is 24.2 Å². The van der Waals surface area contributed by atoms with Crippen molar-refractivity contribution < 1.29 is 14.2 Å². The Balaban J connectivity index is 1.40. The Hall–Kier alpha value is -2.42. The van der Waals surface area contributed by atoms with Crippen LogP contribution in [0.25, 0.3) is 21.3 Å². The summed E-state index contributed by atoms with van der Waals surface area (Å²) in [6.07, 6.45) is 7.17. The second-order valence-electron chi connectivity index (χ2n) is 10.3. The van der Waals surface area contributed by atoms with Crippen LogP contribution in [0.1, 0.15) is 38.5 Å². The molecule has 0 spiro atoms. The smallest absolute Gasteiger partial charge is 0.229 e. The normalized spacial score (nSPS) is 29.8. The number of para-hydroxylation sites is 1. The minimum absolute atomic E-state index is 0.348. The van der Waals surface area contributed by atoms with Gasteiger partial charge in [-0.2, -0.15) is 4.98 Å². The monoisotopic (exact) mass is 492 g/mol. The molecule has 4 atom stereocenters. The van der Waals surface area contributed by atoms with Crippen molar-refractivity contribution in [2.45, 2.75) is 68.8 Å². The molecular formula is C27H32N4O3S. The number of aromatic nitrogens is 2. The van der Waals surface area contributed by atoms with Crippen molar-refractivity contribution in [3.8, 4) is 16.9 Å². The van der Waals surface area contributed by atoms with Crippen molar-refractivity contribution in [2.75, 3.05) is 37.2 Å². The Morgan fingerprint density at radius 3 is 2.31 bits per heavy atom. The first-order valence-corrected chi connectivity index (χ1v) is 13.7. The van der Waals surface area contributed by atoms with E-state index in [1.54, 1.807) is 18.4 Å². The Labute approximate surface area is 210 Å². The van der Waals surface area contributed by atoms with E-state index >= 15 is 0 Å². The Morgan fingerprint density at radius 2 is 1.60 bits per heavy atom. The number of hydrogen-bond donors (Lipinski definition) is 0. The minimum Gasteiger partial charge on any atom is -0.496 e. The van der Waals surface area contributed by atoms with E-state index < -0.39 is 0 Å². The van der Waals surface area contributed by atoms with Crippen LogP contribution in [-0.4, -0.2) is 67.7 Å². The van der Waals surface area contributed by atoms with Gasteiger partial charge in [0.1, 0.15) is 16.4 Å². The number of methoxy groups -OCH3 is 2. The van der Waals surface area contributed by atoms with Gasteiger partial charge in [0.2, 0.25) is 5.95 Å². The number of hydrogen-bond acceptors (Lipinski definition) is 8. The molecule has 4 bridgehead atoms. The fraction of sp³-hybridized carbons (Fsp3) is 0.556. The Kier molecular flexibility index (Phi) is 5.37. The summed E-state index contributed by atoms with van der Waals surface area (Å²) in [6.45, 7) is 1.55. The SMILES string of the molecule is COc1ccccc1-c1csc2nc(N3C4CCC3CC(OC)C4)nc(N3C4CCC3COC4)c12. The van der Waals surface area contributed by atoms with Crippen LogP contribution in [0.4, 0.5) is 11.8 Å². The van der Waals surface area contributed by atoms with E-state index in [1.807, 2.05) is 19.2 Å². The van der Waals surface area contributed by atoms with Gasteiger partial charge in [-0.05, 0) is 44.6 Å². The molecule has 0 saturated carbocycles. The van der Waals surface area contributed by atoms with Gasteiger partial charge in [0.15, 0.2) is 0 Å². The van der Waals surface area contributed by atoms with Crippen LogP contribution in [0.15, 0.2) is 29.6 Å². The number of benzene rings is 1. The number of nitrogens with zero attached hydrogens (tertiary/aromatic N) is 4. The van der Waals surface area contributed by atoms with E-state index in [2.05, 4.69) is 27.3 Å². The van der Waals surface area contributed by atoms with Gasteiger partial charge in [0.05, 0.1) is 43.9 Å². The van der Waals surface area contributed by atoms with Crippen molar-refractivity contribution in [1.29, 1.82) is 0 Å². The molecule has 2 aromatic heterocycles. The zero-order valence-corrected chi connectivity index (χ0v) is 21.2. The molecule has 4 unspecified atom stereocenters. The van der Waals surface area contributed by atoms with Crippen LogP contribution >= 0.6 is 11.3 Å². The zero-order valence-electron chi connectivity index (χ0n) is 20.4. The molecule has 0 aliphatic carbocycles. The van der Waals surface area contributed by atoms with Crippen molar-refractivity contribution in [2.24, 2.45) is 0 Å². The van der Waals surface area contributed by atoms with Gasteiger partial charge in [-0.15, -0.1) is 11.3 Å². The van der Waals surface area contributed by atoms with Crippen LogP contribution in [-0.2, 0) is 9.47 Å². The number of anilines is 2. The summed E-state index contributed by atoms with van der Waals surface area (Å²) < 4.78 is 17.4. The fourth-order valence-corrected chi connectivity index (χ4v) is 7.83. The summed E-state index contributed by atoms with van der Waals surface area (Å²) in [4.78, 5) is 16.8. The molecule has 7 nitrogen and oxygen atoms in total. The maximum atomic E-state index is 5.94. The van der Waals surface area contributed by atoms with Crippen LogP contribution in [0.5, 0.6) is 5.75 Å². The molecule has 4 fully saturated rings. The highest BCUT2D eigenvalue weighted by atomic mass is 32.1. The second-order valence-corrected chi connectivity index (χ2v) is 11.2. The Bertz CT molecular complexity index is 1220. The lowest BCUT2D eigenvalue weighted by atomic mass is 10.00. The summed E-state index contributed by atoms with van der Waals surface area (Å²) >= 11 is 1.72. The fourth-order valence-electron chi connectivity index (χ4n) is 6.90. The predicted molar refractivity (Wildman–Crippen MR) is 139 cm³/mol. The number of morpholine rings is 1. The summed E-state index contributed by atoms with van der Waals surface area (Å²) in [5.41, 5.74) is 2.26. The standard InChI is InChI=1S/C27H32N4O3S/c1-32-20-11-16-7-8-17(12-20)31(16)27-28-25(30-18-9-10-19(30)14-34-13-18)24-22(15-35-26(24)29-27)21-5-3-4-6-23(21)33-2/h3-6,15-20H,7-14H2,1-2H3. The molecular weight excluding hydrogens is 460 g/mol. The zero-order chi connectivity index (χ0) is 23.5. The molecule has 0 radical (unpaired) electrons. The van der Waals surface area contributed by atoms with E-state index in [-0.39, 0.29) is 0 Å². The van der Waals surface area contributed by atoms with Crippen LogP contribution in [0.3, 0.4) is 0 Å². The van der Waals surface area contributed by atoms with Gasteiger partial charge in [-0.1, -0.05) is 18.2 Å². The maximum Gasteiger partial charge on any atom is 0.229 e. The third-order valence-electron chi connectivity index (χ3n) is 8.54. The third kappa shape index (κ3) is 3.44.